The summed E-state index contributed by atoms with van der Waals surface area (Å²) in [5.74, 6) is 0.00627. The van der Waals surface area contributed by atoms with Crippen LogP contribution in [0.4, 0.5) is 4.39 Å². The first-order chi connectivity index (χ1) is 15.5. The molecule has 0 atom stereocenters. The van der Waals surface area contributed by atoms with Crippen LogP contribution in [-0.2, 0) is 11.2 Å². The van der Waals surface area contributed by atoms with Gasteiger partial charge in [-0.1, -0.05) is 12.1 Å². The largest absolute Gasteiger partial charge is 0.494 e. The summed E-state index contributed by atoms with van der Waals surface area (Å²) in [5, 5.41) is 0. The number of morpholine rings is 1. The van der Waals surface area contributed by atoms with Gasteiger partial charge in [0, 0.05) is 37.3 Å². The molecule has 0 unspecified atom stereocenters. The zero-order valence-corrected chi connectivity index (χ0v) is 18.4. The summed E-state index contributed by atoms with van der Waals surface area (Å²) in [7, 11) is 1.40. The van der Waals surface area contributed by atoms with Gasteiger partial charge in [-0.2, -0.15) is 0 Å². The van der Waals surface area contributed by atoms with Gasteiger partial charge in [-0.05, 0) is 61.1 Å². The van der Waals surface area contributed by atoms with Crippen LogP contribution in [0.2, 0.25) is 0 Å². The molecule has 2 heterocycles. The van der Waals surface area contributed by atoms with Crippen LogP contribution in [-0.4, -0.2) is 68.1 Å². The predicted molar refractivity (Wildman–Crippen MR) is 118 cm³/mol. The van der Waals surface area contributed by atoms with E-state index in [1.54, 1.807) is 11.0 Å². The van der Waals surface area contributed by atoms with Crippen molar-refractivity contribution in [1.29, 1.82) is 0 Å². The molecule has 2 aromatic carbocycles. The minimum atomic E-state index is -0.524. The smallest absolute Gasteiger partial charge is 0.254 e. The number of piperidine rings is 1. The lowest BCUT2D eigenvalue weighted by molar-refractivity contribution is 0.0303. The molecule has 4 rings (SSSR count). The summed E-state index contributed by atoms with van der Waals surface area (Å²) in [4.78, 5) is 28.9. The van der Waals surface area contributed by atoms with Crippen molar-refractivity contribution in [3.8, 4) is 5.75 Å². The van der Waals surface area contributed by atoms with E-state index >= 15 is 0 Å². The Kier molecular flexibility index (Phi) is 7.05. The SMILES string of the molecule is COc1ccc(C(=O)N2CCC(Cc3ccc(C(=O)N4CCOCC4)cc3)CC2)cc1F. The van der Waals surface area contributed by atoms with Crippen molar-refractivity contribution in [2.45, 2.75) is 19.3 Å². The normalized spacial score (nSPS) is 17.3. The van der Waals surface area contributed by atoms with Gasteiger partial charge in [0.2, 0.25) is 0 Å². The van der Waals surface area contributed by atoms with Crippen LogP contribution in [0.1, 0.15) is 39.1 Å². The molecule has 2 saturated heterocycles. The summed E-state index contributed by atoms with van der Waals surface area (Å²) >= 11 is 0. The highest BCUT2D eigenvalue weighted by Crippen LogP contribution is 2.25. The Morgan fingerprint density at radius 1 is 0.938 bits per heavy atom. The second-order valence-electron chi connectivity index (χ2n) is 8.39. The third kappa shape index (κ3) is 5.10. The molecule has 2 aromatic rings. The first-order valence-electron chi connectivity index (χ1n) is 11.1. The average Bonchev–Trinajstić information content (AvgIpc) is 2.84. The fourth-order valence-electron chi connectivity index (χ4n) is 4.39. The minimum absolute atomic E-state index is 0.0571. The molecule has 0 saturated carbocycles. The van der Waals surface area contributed by atoms with E-state index < -0.39 is 5.82 Å². The minimum Gasteiger partial charge on any atom is -0.494 e. The fraction of sp³-hybridized carbons (Fsp3) is 0.440. The van der Waals surface area contributed by atoms with Crippen LogP contribution in [0.3, 0.4) is 0 Å². The van der Waals surface area contributed by atoms with Crippen LogP contribution in [0.25, 0.3) is 0 Å². The van der Waals surface area contributed by atoms with Crippen molar-refractivity contribution < 1.29 is 23.5 Å². The van der Waals surface area contributed by atoms with Gasteiger partial charge in [0.15, 0.2) is 11.6 Å². The van der Waals surface area contributed by atoms with Gasteiger partial charge < -0.3 is 19.3 Å². The number of ether oxygens (including phenoxy) is 2. The molecule has 0 bridgehead atoms. The lowest BCUT2D eigenvalue weighted by Gasteiger charge is -2.32. The molecule has 0 spiro atoms. The number of carbonyl (C=O) groups is 2. The van der Waals surface area contributed by atoms with Crippen LogP contribution >= 0.6 is 0 Å². The highest BCUT2D eigenvalue weighted by molar-refractivity contribution is 5.95. The quantitative estimate of drug-likeness (QED) is 0.715. The Bertz CT molecular complexity index is 949. The molecule has 6 nitrogen and oxygen atoms in total. The number of halogens is 1. The molecule has 0 aliphatic carbocycles. The second kappa shape index (κ2) is 10.1. The third-order valence-electron chi connectivity index (χ3n) is 6.32. The molecule has 0 aromatic heterocycles. The van der Waals surface area contributed by atoms with Crippen molar-refractivity contribution >= 4 is 11.8 Å². The molecule has 2 aliphatic rings. The summed E-state index contributed by atoms with van der Waals surface area (Å²) in [6, 6.07) is 12.2. The summed E-state index contributed by atoms with van der Waals surface area (Å²) in [6.45, 7) is 3.79. The molecule has 32 heavy (non-hydrogen) atoms. The molecular weight excluding hydrogens is 411 g/mol. The van der Waals surface area contributed by atoms with Crippen molar-refractivity contribution in [3.05, 3.63) is 65.0 Å². The van der Waals surface area contributed by atoms with E-state index in [9.17, 15) is 14.0 Å². The predicted octanol–water partition coefficient (Wildman–Crippen LogP) is 3.40. The van der Waals surface area contributed by atoms with E-state index in [-0.39, 0.29) is 17.6 Å². The number of methoxy groups -OCH3 is 1. The highest BCUT2D eigenvalue weighted by atomic mass is 19.1. The number of rotatable bonds is 5. The maximum absolute atomic E-state index is 13.9. The van der Waals surface area contributed by atoms with Gasteiger partial charge in [0.1, 0.15) is 0 Å². The molecule has 2 fully saturated rings. The standard InChI is InChI=1S/C25H29FN2O4/c1-31-23-7-6-21(17-22(23)26)25(30)27-10-8-19(9-11-27)16-18-2-4-20(5-3-18)24(29)28-12-14-32-15-13-28/h2-7,17,19H,8-16H2,1H3. The number of likely N-dealkylation sites (tertiary alicyclic amines) is 1. The first kappa shape index (κ1) is 22.3. The molecule has 0 N–H and O–H groups in total. The highest BCUT2D eigenvalue weighted by Gasteiger charge is 2.25. The Morgan fingerprint density at radius 3 is 2.16 bits per heavy atom. The number of hydrogen-bond acceptors (Lipinski definition) is 4. The average molecular weight is 441 g/mol. The van der Waals surface area contributed by atoms with Gasteiger partial charge in [0.05, 0.1) is 20.3 Å². The Balaban J connectivity index is 1.28. The van der Waals surface area contributed by atoms with Gasteiger partial charge in [0.25, 0.3) is 11.8 Å². The monoisotopic (exact) mass is 440 g/mol. The molecule has 2 amide bonds. The van der Waals surface area contributed by atoms with E-state index in [1.165, 1.54) is 24.8 Å². The van der Waals surface area contributed by atoms with Crippen LogP contribution in [0.15, 0.2) is 42.5 Å². The van der Waals surface area contributed by atoms with Gasteiger partial charge >= 0.3 is 0 Å². The first-order valence-corrected chi connectivity index (χ1v) is 11.1. The lowest BCUT2D eigenvalue weighted by atomic mass is 9.89. The van der Waals surface area contributed by atoms with Crippen molar-refractivity contribution in [2.24, 2.45) is 5.92 Å². The molecule has 0 radical (unpaired) electrons. The van der Waals surface area contributed by atoms with Crippen molar-refractivity contribution in [2.75, 3.05) is 46.5 Å². The fourth-order valence-corrected chi connectivity index (χ4v) is 4.39. The summed E-state index contributed by atoms with van der Waals surface area (Å²) in [5.41, 5.74) is 2.26. The maximum Gasteiger partial charge on any atom is 0.254 e. The van der Waals surface area contributed by atoms with Crippen molar-refractivity contribution in [1.82, 2.24) is 9.80 Å². The number of carbonyl (C=O) groups excluding carboxylic acids is 2. The van der Waals surface area contributed by atoms with Gasteiger partial charge in [-0.15, -0.1) is 0 Å². The number of nitrogens with zero attached hydrogens (tertiary/aromatic N) is 2. The topological polar surface area (TPSA) is 59.1 Å². The van der Waals surface area contributed by atoms with Gasteiger partial charge in [-0.25, -0.2) is 4.39 Å². The van der Waals surface area contributed by atoms with E-state index in [0.29, 0.717) is 56.4 Å². The lowest BCUT2D eigenvalue weighted by Crippen LogP contribution is -2.40. The Labute approximate surface area is 187 Å². The number of benzene rings is 2. The van der Waals surface area contributed by atoms with Crippen molar-refractivity contribution in [3.63, 3.8) is 0 Å². The maximum atomic E-state index is 13.9. The zero-order valence-electron chi connectivity index (χ0n) is 18.4. The molecule has 2 aliphatic heterocycles. The van der Waals surface area contributed by atoms with Crippen LogP contribution in [0, 0.1) is 11.7 Å². The third-order valence-corrected chi connectivity index (χ3v) is 6.32. The number of amides is 2. The Hall–Kier alpha value is -2.93. The van der Waals surface area contributed by atoms with E-state index in [1.807, 2.05) is 29.2 Å². The zero-order chi connectivity index (χ0) is 22.5. The van der Waals surface area contributed by atoms with Gasteiger partial charge in [-0.3, -0.25) is 9.59 Å². The summed E-state index contributed by atoms with van der Waals surface area (Å²) < 4.78 is 24.2. The summed E-state index contributed by atoms with van der Waals surface area (Å²) in [6.07, 6.45) is 2.73. The Morgan fingerprint density at radius 2 is 1.53 bits per heavy atom. The molecule has 170 valence electrons. The van der Waals surface area contributed by atoms with Crippen LogP contribution in [0.5, 0.6) is 5.75 Å². The number of hydrogen-bond donors (Lipinski definition) is 0. The van der Waals surface area contributed by atoms with E-state index in [2.05, 4.69) is 0 Å². The molecular formula is C25H29FN2O4. The second-order valence-corrected chi connectivity index (χ2v) is 8.39. The molecule has 7 heteroatoms. The van der Waals surface area contributed by atoms with Crippen LogP contribution < -0.4 is 4.74 Å². The van der Waals surface area contributed by atoms with E-state index in [0.717, 1.165) is 19.3 Å². The van der Waals surface area contributed by atoms with E-state index in [4.69, 9.17) is 9.47 Å².